The Kier molecular flexibility index (Phi) is 3.76. The molecule has 3 aliphatic rings. The standard InChI is InChI=1S/C19H28N2/c1-14-4-6-15(7-5-14)16-11-18(12-16)20-17-8-10-21-9-2-3-19(21)13-17/h4-7,16-20H,2-3,8-13H2,1H3. The molecule has 0 spiro atoms. The van der Waals surface area contributed by atoms with Gasteiger partial charge in [0.15, 0.2) is 0 Å². The monoisotopic (exact) mass is 284 g/mol. The summed E-state index contributed by atoms with van der Waals surface area (Å²) in [6, 6.07) is 11.6. The maximum Gasteiger partial charge on any atom is 0.0111 e. The average Bonchev–Trinajstić information content (AvgIpc) is 2.91. The van der Waals surface area contributed by atoms with Gasteiger partial charge in [-0.25, -0.2) is 0 Å². The van der Waals surface area contributed by atoms with Crippen LogP contribution in [0.4, 0.5) is 0 Å². The summed E-state index contributed by atoms with van der Waals surface area (Å²) in [4.78, 5) is 2.72. The normalized spacial score (nSPS) is 36.2. The highest BCUT2D eigenvalue weighted by atomic mass is 15.2. The number of piperidine rings is 1. The number of nitrogens with one attached hydrogen (secondary N) is 1. The Morgan fingerprint density at radius 3 is 2.57 bits per heavy atom. The summed E-state index contributed by atoms with van der Waals surface area (Å²) in [5, 5.41) is 3.95. The van der Waals surface area contributed by atoms with Gasteiger partial charge in [-0.05, 0) is 70.0 Å². The second kappa shape index (κ2) is 5.73. The molecular formula is C19H28N2. The lowest BCUT2D eigenvalue weighted by Gasteiger charge is -2.42. The number of nitrogens with zero attached hydrogens (tertiary/aromatic N) is 1. The van der Waals surface area contributed by atoms with Crippen molar-refractivity contribution >= 4 is 0 Å². The average molecular weight is 284 g/mol. The van der Waals surface area contributed by atoms with Crippen LogP contribution < -0.4 is 5.32 Å². The minimum Gasteiger partial charge on any atom is -0.311 e. The van der Waals surface area contributed by atoms with Crippen LogP contribution in [0.3, 0.4) is 0 Å². The Labute approximate surface area is 128 Å². The topological polar surface area (TPSA) is 15.3 Å². The van der Waals surface area contributed by atoms with E-state index in [1.54, 1.807) is 5.56 Å². The third-order valence-corrected chi connectivity index (χ3v) is 5.98. The highest BCUT2D eigenvalue weighted by Gasteiger charge is 2.35. The second-order valence-electron chi connectivity index (χ2n) is 7.50. The van der Waals surface area contributed by atoms with E-state index in [2.05, 4.69) is 41.4 Å². The zero-order valence-corrected chi connectivity index (χ0v) is 13.2. The van der Waals surface area contributed by atoms with Crippen LogP contribution in [0.2, 0.25) is 0 Å². The Balaban J connectivity index is 1.26. The molecule has 0 aromatic heterocycles. The summed E-state index contributed by atoms with van der Waals surface area (Å²) >= 11 is 0. The van der Waals surface area contributed by atoms with Crippen molar-refractivity contribution in [2.45, 2.75) is 69.5 Å². The first-order chi connectivity index (χ1) is 10.3. The first-order valence-corrected chi connectivity index (χ1v) is 8.84. The quantitative estimate of drug-likeness (QED) is 0.914. The zero-order chi connectivity index (χ0) is 14.2. The van der Waals surface area contributed by atoms with Crippen LogP contribution in [0.5, 0.6) is 0 Å². The van der Waals surface area contributed by atoms with Gasteiger partial charge in [0.2, 0.25) is 0 Å². The molecule has 0 amide bonds. The van der Waals surface area contributed by atoms with Crippen molar-refractivity contribution in [1.29, 1.82) is 0 Å². The molecule has 2 saturated heterocycles. The van der Waals surface area contributed by atoms with Gasteiger partial charge in [-0.15, -0.1) is 0 Å². The van der Waals surface area contributed by atoms with E-state index >= 15 is 0 Å². The lowest BCUT2D eigenvalue weighted by Crippen LogP contribution is -2.51. The van der Waals surface area contributed by atoms with Crippen LogP contribution in [0.15, 0.2) is 24.3 Å². The summed E-state index contributed by atoms with van der Waals surface area (Å²) in [6.07, 6.45) is 8.31. The number of hydrogen-bond donors (Lipinski definition) is 1. The van der Waals surface area contributed by atoms with E-state index in [1.165, 1.54) is 57.2 Å². The molecule has 2 nitrogen and oxygen atoms in total. The molecule has 114 valence electrons. The summed E-state index contributed by atoms with van der Waals surface area (Å²) in [5.74, 6) is 0.801. The molecule has 1 aromatic rings. The van der Waals surface area contributed by atoms with E-state index < -0.39 is 0 Å². The van der Waals surface area contributed by atoms with Crippen molar-refractivity contribution in [1.82, 2.24) is 10.2 Å². The molecule has 0 bridgehead atoms. The van der Waals surface area contributed by atoms with Crippen LogP contribution in [0, 0.1) is 6.92 Å². The Morgan fingerprint density at radius 1 is 0.952 bits per heavy atom. The van der Waals surface area contributed by atoms with Gasteiger partial charge in [-0.2, -0.15) is 0 Å². The van der Waals surface area contributed by atoms with E-state index in [-0.39, 0.29) is 0 Å². The lowest BCUT2D eigenvalue weighted by molar-refractivity contribution is 0.146. The molecule has 0 radical (unpaired) electrons. The molecule has 2 atom stereocenters. The van der Waals surface area contributed by atoms with Crippen molar-refractivity contribution in [2.75, 3.05) is 13.1 Å². The predicted molar refractivity (Wildman–Crippen MR) is 87.7 cm³/mol. The molecule has 2 aliphatic heterocycles. The number of hydrogen-bond acceptors (Lipinski definition) is 2. The maximum atomic E-state index is 3.95. The van der Waals surface area contributed by atoms with Crippen molar-refractivity contribution in [3.63, 3.8) is 0 Å². The van der Waals surface area contributed by atoms with Gasteiger partial charge in [0, 0.05) is 18.1 Å². The molecular weight excluding hydrogens is 256 g/mol. The first-order valence-electron chi connectivity index (χ1n) is 8.84. The SMILES string of the molecule is Cc1ccc(C2CC(NC3CCN4CCCC4C3)C2)cc1. The molecule has 2 unspecified atom stereocenters. The predicted octanol–water partition coefficient (Wildman–Crippen LogP) is 3.46. The van der Waals surface area contributed by atoms with Crippen LogP contribution in [-0.2, 0) is 0 Å². The number of benzene rings is 1. The molecule has 2 heterocycles. The molecule has 1 aliphatic carbocycles. The fourth-order valence-electron chi connectivity index (χ4n) is 4.57. The van der Waals surface area contributed by atoms with Crippen molar-refractivity contribution in [3.05, 3.63) is 35.4 Å². The van der Waals surface area contributed by atoms with Gasteiger partial charge in [-0.3, -0.25) is 0 Å². The second-order valence-corrected chi connectivity index (χ2v) is 7.50. The van der Waals surface area contributed by atoms with Crippen LogP contribution in [0.1, 0.15) is 55.6 Å². The first kappa shape index (κ1) is 13.8. The molecule has 1 saturated carbocycles. The highest BCUT2D eigenvalue weighted by Crippen LogP contribution is 2.38. The molecule has 21 heavy (non-hydrogen) atoms. The number of fused-ring (bicyclic) bond motifs is 1. The Hall–Kier alpha value is -0.860. The fourth-order valence-corrected chi connectivity index (χ4v) is 4.57. The van der Waals surface area contributed by atoms with Gasteiger partial charge < -0.3 is 10.2 Å². The highest BCUT2D eigenvalue weighted by molar-refractivity contribution is 5.26. The smallest absolute Gasteiger partial charge is 0.0111 e. The van der Waals surface area contributed by atoms with Gasteiger partial charge in [-0.1, -0.05) is 29.8 Å². The summed E-state index contributed by atoms with van der Waals surface area (Å²) in [7, 11) is 0. The molecule has 1 aromatic carbocycles. The third-order valence-electron chi connectivity index (χ3n) is 5.98. The summed E-state index contributed by atoms with van der Waals surface area (Å²) in [5.41, 5.74) is 2.92. The van der Waals surface area contributed by atoms with Gasteiger partial charge in [0.05, 0.1) is 0 Å². The molecule has 4 rings (SSSR count). The van der Waals surface area contributed by atoms with Crippen LogP contribution in [0.25, 0.3) is 0 Å². The van der Waals surface area contributed by atoms with E-state index in [0.29, 0.717) is 0 Å². The van der Waals surface area contributed by atoms with Crippen LogP contribution in [-0.4, -0.2) is 36.1 Å². The third kappa shape index (κ3) is 2.89. The minimum atomic E-state index is 0.772. The van der Waals surface area contributed by atoms with Crippen molar-refractivity contribution < 1.29 is 0 Å². The lowest BCUT2D eigenvalue weighted by atomic mass is 9.75. The largest absolute Gasteiger partial charge is 0.311 e. The minimum absolute atomic E-state index is 0.772. The Morgan fingerprint density at radius 2 is 1.76 bits per heavy atom. The van der Waals surface area contributed by atoms with E-state index in [9.17, 15) is 0 Å². The maximum absolute atomic E-state index is 3.95. The van der Waals surface area contributed by atoms with E-state index in [1.807, 2.05) is 0 Å². The van der Waals surface area contributed by atoms with Gasteiger partial charge in [0.1, 0.15) is 0 Å². The van der Waals surface area contributed by atoms with Crippen LogP contribution >= 0.6 is 0 Å². The van der Waals surface area contributed by atoms with E-state index in [4.69, 9.17) is 0 Å². The summed E-state index contributed by atoms with van der Waals surface area (Å²) < 4.78 is 0. The number of aryl methyl sites for hydroxylation is 1. The van der Waals surface area contributed by atoms with Gasteiger partial charge in [0.25, 0.3) is 0 Å². The Bertz CT molecular complexity index is 475. The van der Waals surface area contributed by atoms with Crippen molar-refractivity contribution in [3.8, 4) is 0 Å². The molecule has 3 fully saturated rings. The molecule has 1 N–H and O–H groups in total. The van der Waals surface area contributed by atoms with Crippen molar-refractivity contribution in [2.24, 2.45) is 0 Å². The summed E-state index contributed by atoms with van der Waals surface area (Å²) in [6.45, 7) is 4.86. The zero-order valence-electron chi connectivity index (χ0n) is 13.2. The van der Waals surface area contributed by atoms with E-state index in [0.717, 1.165) is 24.0 Å². The molecule has 2 heteroatoms. The number of rotatable bonds is 3. The fraction of sp³-hybridized carbons (Fsp3) is 0.684. The van der Waals surface area contributed by atoms with Gasteiger partial charge >= 0.3 is 0 Å².